The predicted octanol–water partition coefficient (Wildman–Crippen LogP) is 4.32. The lowest BCUT2D eigenvalue weighted by atomic mass is 10.0. The molecule has 2 aliphatic rings. The molecule has 0 amide bonds. The Labute approximate surface area is 166 Å². The molecule has 5 heterocycles. The summed E-state index contributed by atoms with van der Waals surface area (Å²) in [5.74, 6) is 0.944. The minimum atomic E-state index is 0.644. The second-order valence-electron chi connectivity index (χ2n) is 6.46. The number of ether oxygens (including phenoxy) is 1. The molecule has 0 radical (unpaired) electrons. The number of pyridine rings is 2. The number of hydrogen-bond acceptors (Lipinski definition) is 6. The number of hydrogen-bond donors (Lipinski definition) is 0. The summed E-state index contributed by atoms with van der Waals surface area (Å²) in [5, 5.41) is 3.85. The maximum absolute atomic E-state index is 6.49. The van der Waals surface area contributed by atoms with Crippen LogP contribution in [0.1, 0.15) is 5.69 Å². The monoisotopic (exact) mass is 396 g/mol. The van der Waals surface area contributed by atoms with E-state index in [1.54, 1.807) is 11.3 Å². The van der Waals surface area contributed by atoms with Crippen LogP contribution in [0.15, 0.2) is 40.8 Å². The number of morpholine rings is 1. The summed E-state index contributed by atoms with van der Waals surface area (Å²) in [6.07, 6.45) is 5.69. The lowest BCUT2D eigenvalue weighted by molar-refractivity contribution is 0.122. The zero-order valence-electron chi connectivity index (χ0n) is 14.6. The maximum Gasteiger partial charge on any atom is 0.130 e. The SMILES string of the molecule is Clc1ccsc1-c1cc(N2CCOCC2)nc2c(C3=CC=NC3)nccc12. The van der Waals surface area contributed by atoms with E-state index in [9.17, 15) is 0 Å². The van der Waals surface area contributed by atoms with Crippen LogP contribution in [-0.2, 0) is 4.74 Å². The number of allylic oxidation sites excluding steroid dienone is 1. The quantitative estimate of drug-likeness (QED) is 0.661. The Hall–Kier alpha value is -2.28. The minimum absolute atomic E-state index is 0.644. The molecule has 3 aromatic rings. The molecule has 1 fully saturated rings. The van der Waals surface area contributed by atoms with Gasteiger partial charge in [-0.1, -0.05) is 11.6 Å². The summed E-state index contributed by atoms with van der Waals surface area (Å²) >= 11 is 8.14. The minimum Gasteiger partial charge on any atom is -0.378 e. The van der Waals surface area contributed by atoms with Crippen molar-refractivity contribution >= 4 is 51.4 Å². The molecule has 2 aliphatic heterocycles. The highest BCUT2D eigenvalue weighted by atomic mass is 35.5. The van der Waals surface area contributed by atoms with Gasteiger partial charge in [-0.3, -0.25) is 9.98 Å². The highest BCUT2D eigenvalue weighted by molar-refractivity contribution is 7.14. The Morgan fingerprint density at radius 3 is 2.81 bits per heavy atom. The number of aromatic nitrogens is 2. The Kier molecular flexibility index (Phi) is 4.39. The van der Waals surface area contributed by atoms with Gasteiger partial charge in [0, 0.05) is 42.0 Å². The molecular weight excluding hydrogens is 380 g/mol. The first kappa shape index (κ1) is 16.9. The van der Waals surface area contributed by atoms with Crippen LogP contribution in [0.2, 0.25) is 5.02 Å². The summed E-state index contributed by atoms with van der Waals surface area (Å²) in [7, 11) is 0. The molecule has 1 saturated heterocycles. The van der Waals surface area contributed by atoms with E-state index in [0.29, 0.717) is 19.8 Å². The highest BCUT2D eigenvalue weighted by Crippen LogP contribution is 2.40. The maximum atomic E-state index is 6.49. The van der Waals surface area contributed by atoms with E-state index in [1.165, 1.54) is 0 Å². The number of nitrogens with zero attached hydrogens (tertiary/aromatic N) is 4. The van der Waals surface area contributed by atoms with Crippen molar-refractivity contribution in [2.24, 2.45) is 4.99 Å². The van der Waals surface area contributed by atoms with Gasteiger partial charge in [0.25, 0.3) is 0 Å². The van der Waals surface area contributed by atoms with E-state index in [-0.39, 0.29) is 0 Å². The standard InChI is InChI=1S/C20H17ClN4OS/c21-16-3-10-27-20(16)15-11-17(25-6-8-26-9-7-25)24-19-14(15)2-5-23-18(19)13-1-4-22-12-13/h1-5,10-11H,6-9,12H2. The van der Waals surface area contributed by atoms with Crippen LogP contribution in [0.3, 0.4) is 0 Å². The number of rotatable bonds is 3. The normalized spacial score (nSPS) is 16.9. The first-order valence-electron chi connectivity index (χ1n) is 8.86. The molecule has 5 rings (SSSR count). The van der Waals surface area contributed by atoms with Gasteiger partial charge in [0.05, 0.1) is 40.9 Å². The fourth-order valence-electron chi connectivity index (χ4n) is 3.50. The molecule has 0 spiro atoms. The van der Waals surface area contributed by atoms with Crippen molar-refractivity contribution < 1.29 is 4.74 Å². The molecule has 7 heteroatoms. The predicted molar refractivity (Wildman–Crippen MR) is 112 cm³/mol. The molecule has 0 aliphatic carbocycles. The van der Waals surface area contributed by atoms with Gasteiger partial charge in [-0.15, -0.1) is 11.3 Å². The highest BCUT2D eigenvalue weighted by Gasteiger charge is 2.20. The number of thiophene rings is 1. The van der Waals surface area contributed by atoms with Gasteiger partial charge >= 0.3 is 0 Å². The molecule has 0 unspecified atom stereocenters. The molecule has 0 atom stereocenters. The summed E-state index contributed by atoms with van der Waals surface area (Å²) in [6.45, 7) is 3.74. The van der Waals surface area contributed by atoms with Gasteiger partial charge in [0.1, 0.15) is 5.82 Å². The zero-order chi connectivity index (χ0) is 18.2. The fourth-order valence-corrected chi connectivity index (χ4v) is 4.69. The zero-order valence-corrected chi connectivity index (χ0v) is 16.1. The van der Waals surface area contributed by atoms with Crippen LogP contribution in [-0.4, -0.2) is 49.0 Å². The molecule has 0 aromatic carbocycles. The molecule has 0 N–H and O–H groups in total. The van der Waals surface area contributed by atoms with Crippen molar-refractivity contribution in [3.63, 3.8) is 0 Å². The average molecular weight is 397 g/mol. The number of anilines is 1. The van der Waals surface area contributed by atoms with E-state index < -0.39 is 0 Å². The third kappa shape index (κ3) is 3.04. The van der Waals surface area contributed by atoms with Crippen LogP contribution >= 0.6 is 22.9 Å². The van der Waals surface area contributed by atoms with Crippen LogP contribution in [0, 0.1) is 0 Å². The van der Waals surface area contributed by atoms with Gasteiger partial charge < -0.3 is 9.64 Å². The first-order chi connectivity index (χ1) is 13.3. The fraction of sp³-hybridized carbons (Fsp3) is 0.250. The third-order valence-corrected chi connectivity index (χ3v) is 6.23. The van der Waals surface area contributed by atoms with Crippen molar-refractivity contribution in [1.82, 2.24) is 9.97 Å². The Bertz CT molecular complexity index is 1070. The van der Waals surface area contributed by atoms with Crippen molar-refractivity contribution in [1.29, 1.82) is 0 Å². The molecule has 0 saturated carbocycles. The Balaban J connectivity index is 1.76. The third-order valence-electron chi connectivity index (χ3n) is 4.86. The summed E-state index contributed by atoms with van der Waals surface area (Å²) < 4.78 is 5.51. The van der Waals surface area contributed by atoms with Crippen molar-refractivity contribution in [2.45, 2.75) is 0 Å². The summed E-state index contributed by atoms with van der Waals surface area (Å²) in [5.41, 5.74) is 3.99. The van der Waals surface area contributed by atoms with Crippen LogP contribution in [0.4, 0.5) is 5.82 Å². The number of halogens is 1. The molecule has 0 bridgehead atoms. The first-order valence-corrected chi connectivity index (χ1v) is 10.1. The second kappa shape index (κ2) is 7.03. The topological polar surface area (TPSA) is 50.6 Å². The Morgan fingerprint density at radius 1 is 1.19 bits per heavy atom. The molecular formula is C20H17ClN4OS. The molecule has 3 aromatic heterocycles. The lowest BCUT2D eigenvalue weighted by Crippen LogP contribution is -2.36. The molecule has 27 heavy (non-hydrogen) atoms. The smallest absolute Gasteiger partial charge is 0.130 e. The number of aliphatic imine (C=N–C) groups is 1. The van der Waals surface area contributed by atoms with Crippen molar-refractivity contribution in [2.75, 3.05) is 37.7 Å². The van der Waals surface area contributed by atoms with Crippen LogP contribution in [0.5, 0.6) is 0 Å². The number of fused-ring (bicyclic) bond motifs is 1. The van der Waals surface area contributed by atoms with E-state index in [1.807, 2.05) is 36.0 Å². The van der Waals surface area contributed by atoms with Crippen LogP contribution in [0.25, 0.3) is 26.9 Å². The molecule has 136 valence electrons. The van der Waals surface area contributed by atoms with Gasteiger partial charge in [0.2, 0.25) is 0 Å². The van der Waals surface area contributed by atoms with E-state index in [2.05, 4.69) is 20.9 Å². The van der Waals surface area contributed by atoms with Gasteiger partial charge in [-0.05, 0) is 29.7 Å². The Morgan fingerprint density at radius 2 is 2.07 bits per heavy atom. The van der Waals surface area contributed by atoms with Crippen molar-refractivity contribution in [3.8, 4) is 10.4 Å². The van der Waals surface area contributed by atoms with Gasteiger partial charge in [-0.25, -0.2) is 4.98 Å². The van der Waals surface area contributed by atoms with Crippen molar-refractivity contribution in [3.05, 3.63) is 46.6 Å². The van der Waals surface area contributed by atoms with Gasteiger partial charge in [-0.2, -0.15) is 0 Å². The van der Waals surface area contributed by atoms with Crippen LogP contribution < -0.4 is 4.90 Å². The van der Waals surface area contributed by atoms with Gasteiger partial charge in [0.15, 0.2) is 0 Å². The average Bonchev–Trinajstić information content (AvgIpc) is 3.39. The summed E-state index contributed by atoms with van der Waals surface area (Å²) in [6, 6.07) is 6.11. The van der Waals surface area contributed by atoms with E-state index >= 15 is 0 Å². The second-order valence-corrected chi connectivity index (χ2v) is 7.79. The van der Waals surface area contributed by atoms with E-state index in [0.717, 1.165) is 56.5 Å². The van der Waals surface area contributed by atoms with E-state index in [4.69, 9.17) is 21.3 Å². The molecule has 5 nitrogen and oxygen atoms in total. The lowest BCUT2D eigenvalue weighted by Gasteiger charge is -2.28. The largest absolute Gasteiger partial charge is 0.378 e. The summed E-state index contributed by atoms with van der Waals surface area (Å²) in [4.78, 5) is 17.3.